The molecule has 0 unspecified atom stereocenters. The van der Waals surface area contributed by atoms with Crippen LogP contribution in [-0.4, -0.2) is 82.0 Å². The van der Waals surface area contributed by atoms with Crippen LogP contribution in [0.25, 0.3) is 10.9 Å². The van der Waals surface area contributed by atoms with Crippen LogP contribution < -0.4 is 22.1 Å². The third kappa shape index (κ3) is 6.32. The molecule has 0 atom stereocenters. The maximum absolute atomic E-state index is 13.6. The van der Waals surface area contributed by atoms with E-state index in [1.54, 1.807) is 18.7 Å². The first kappa shape index (κ1) is 30.4. The minimum Gasteiger partial charge on any atom is -0.384 e. The molecule has 1 aromatic heterocycles. The van der Waals surface area contributed by atoms with E-state index in [1.807, 2.05) is 53.8 Å². The Morgan fingerprint density at radius 3 is 2.45 bits per heavy atom. The number of aromatic nitrogens is 1. The summed E-state index contributed by atoms with van der Waals surface area (Å²) in [5.41, 5.74) is 13.2. The van der Waals surface area contributed by atoms with Gasteiger partial charge in [0.25, 0.3) is 11.8 Å². The number of carbonyl (C=O) groups excluding carboxylic acids is 3. The number of likely N-dealkylation sites (N-methyl/N-ethyl adjacent to an activating group) is 1. The van der Waals surface area contributed by atoms with Crippen molar-refractivity contribution in [1.29, 1.82) is 0 Å². The fourth-order valence-corrected chi connectivity index (χ4v) is 5.33. The molecule has 4 rings (SSSR count). The van der Waals surface area contributed by atoms with Crippen LogP contribution in [0, 0.1) is 0 Å². The highest BCUT2D eigenvalue weighted by Crippen LogP contribution is 2.28. The van der Waals surface area contributed by atoms with Crippen LogP contribution in [0.2, 0.25) is 0 Å². The quantitative estimate of drug-likeness (QED) is 0.350. The van der Waals surface area contributed by atoms with Crippen LogP contribution in [0.1, 0.15) is 50.9 Å². The third-order valence-electron chi connectivity index (χ3n) is 7.95. The highest BCUT2D eigenvalue weighted by molar-refractivity contribution is 6.47. The molecule has 2 aliphatic heterocycles. The lowest BCUT2D eigenvalue weighted by Gasteiger charge is -2.39. The van der Waals surface area contributed by atoms with Gasteiger partial charge in [-0.05, 0) is 64.3 Å². The molecule has 0 aliphatic carbocycles. The van der Waals surface area contributed by atoms with Gasteiger partial charge in [0.05, 0.1) is 17.8 Å². The average Bonchev–Trinajstić information content (AvgIpc) is 3.55. The Kier molecular flexibility index (Phi) is 9.03. The Balaban J connectivity index is 1.39. The van der Waals surface area contributed by atoms with E-state index in [0.29, 0.717) is 68.4 Å². The zero-order valence-electron chi connectivity index (χ0n) is 24.9. The van der Waals surface area contributed by atoms with Gasteiger partial charge >= 0.3 is 0 Å². The molecule has 0 saturated carbocycles. The number of carbonyl (C=O) groups is 3. The second-order valence-electron chi connectivity index (χ2n) is 10.8. The van der Waals surface area contributed by atoms with Crippen molar-refractivity contribution in [2.75, 3.05) is 32.7 Å². The highest BCUT2D eigenvalue weighted by Gasteiger charge is 2.40. The second-order valence-corrected chi connectivity index (χ2v) is 10.8. The van der Waals surface area contributed by atoms with Crippen LogP contribution >= 0.6 is 0 Å². The first-order valence-electron chi connectivity index (χ1n) is 14.2. The number of amides is 3. The summed E-state index contributed by atoms with van der Waals surface area (Å²) in [4.78, 5) is 51.6. The summed E-state index contributed by atoms with van der Waals surface area (Å²) in [6, 6.07) is 7.55. The van der Waals surface area contributed by atoms with Crippen LogP contribution in [0.4, 0.5) is 0 Å². The van der Waals surface area contributed by atoms with E-state index in [2.05, 4.69) is 27.2 Å². The summed E-state index contributed by atoms with van der Waals surface area (Å²) in [7, 11) is 0. The van der Waals surface area contributed by atoms with Gasteiger partial charge in [-0.15, -0.1) is 0 Å². The number of hydrogen-bond acceptors (Lipinski definition) is 8. The molecule has 0 bridgehead atoms. The Morgan fingerprint density at radius 1 is 1.14 bits per heavy atom. The van der Waals surface area contributed by atoms with Gasteiger partial charge in [0.1, 0.15) is 18.1 Å². The fourth-order valence-electron chi connectivity index (χ4n) is 5.33. The summed E-state index contributed by atoms with van der Waals surface area (Å²) in [6.07, 6.45) is 3.21. The van der Waals surface area contributed by atoms with Crippen molar-refractivity contribution >= 4 is 40.3 Å². The van der Waals surface area contributed by atoms with Crippen molar-refractivity contribution in [3.63, 3.8) is 0 Å². The summed E-state index contributed by atoms with van der Waals surface area (Å²) in [5, 5.41) is 6.98. The average molecular weight is 576 g/mol. The van der Waals surface area contributed by atoms with E-state index in [-0.39, 0.29) is 35.4 Å². The zero-order chi connectivity index (χ0) is 30.6. The molecule has 1 saturated heterocycles. The fraction of sp³-hybridized carbons (Fsp3) is 0.433. The molecule has 224 valence electrons. The molecule has 3 amide bonds. The predicted molar refractivity (Wildman–Crippen MR) is 165 cm³/mol. The second kappa shape index (κ2) is 12.5. The molecule has 3 heterocycles. The molecular weight excluding hydrogens is 534 g/mol. The first-order chi connectivity index (χ1) is 20.0. The monoisotopic (exact) mass is 575 g/mol. The SMILES string of the molecule is C=C(C)C(=NC(C)=C(N)N)C(=O)NC1=NCC2(CCN(C(=O)c3cccc4c3ccn4CC(=O)N(CC)CC)CC2)N1. The highest BCUT2D eigenvalue weighted by atomic mass is 16.2. The number of fused-ring (bicyclic) bond motifs is 1. The van der Waals surface area contributed by atoms with Crippen molar-refractivity contribution in [1.82, 2.24) is 25.0 Å². The van der Waals surface area contributed by atoms with Gasteiger partial charge in [0.2, 0.25) is 5.91 Å². The van der Waals surface area contributed by atoms with Crippen molar-refractivity contribution in [2.24, 2.45) is 21.5 Å². The van der Waals surface area contributed by atoms with Gasteiger partial charge in [-0.2, -0.15) is 0 Å². The van der Waals surface area contributed by atoms with Gasteiger partial charge in [-0.1, -0.05) is 12.6 Å². The number of hydrogen-bond donors (Lipinski definition) is 4. The number of likely N-dealkylation sites (tertiary alicyclic amines) is 1. The topological polar surface area (TPSA) is 163 Å². The number of aliphatic imine (C=N–C) groups is 2. The Labute approximate surface area is 246 Å². The van der Waals surface area contributed by atoms with Crippen molar-refractivity contribution in [2.45, 2.75) is 52.6 Å². The minimum absolute atomic E-state index is 0.0253. The summed E-state index contributed by atoms with van der Waals surface area (Å²) < 4.78 is 1.90. The number of benzene rings is 1. The van der Waals surface area contributed by atoms with Crippen LogP contribution in [0.15, 0.2) is 64.1 Å². The zero-order valence-corrected chi connectivity index (χ0v) is 24.9. The summed E-state index contributed by atoms with van der Waals surface area (Å²) >= 11 is 0. The minimum atomic E-state index is -0.460. The first-order valence-corrected chi connectivity index (χ1v) is 14.2. The maximum Gasteiger partial charge on any atom is 0.276 e. The van der Waals surface area contributed by atoms with Crippen LogP contribution in [0.3, 0.4) is 0 Å². The molecule has 1 fully saturated rings. The predicted octanol–water partition coefficient (Wildman–Crippen LogP) is 1.68. The van der Waals surface area contributed by atoms with Gasteiger partial charge in [-0.25, -0.2) is 4.99 Å². The van der Waals surface area contributed by atoms with E-state index >= 15 is 0 Å². The molecule has 42 heavy (non-hydrogen) atoms. The van der Waals surface area contributed by atoms with Crippen LogP contribution in [0.5, 0.6) is 0 Å². The third-order valence-corrected chi connectivity index (χ3v) is 7.95. The Morgan fingerprint density at radius 2 is 1.83 bits per heavy atom. The van der Waals surface area contributed by atoms with Crippen molar-refractivity contribution in [3.8, 4) is 0 Å². The molecule has 0 radical (unpaired) electrons. The van der Waals surface area contributed by atoms with E-state index in [4.69, 9.17) is 11.5 Å². The van der Waals surface area contributed by atoms with Gasteiger partial charge in [-0.3, -0.25) is 24.7 Å². The number of guanidine groups is 1. The van der Waals surface area contributed by atoms with Gasteiger partial charge < -0.3 is 31.2 Å². The van der Waals surface area contributed by atoms with Crippen LogP contribution in [-0.2, 0) is 16.1 Å². The van der Waals surface area contributed by atoms with Crippen molar-refractivity contribution < 1.29 is 14.4 Å². The molecule has 12 nitrogen and oxygen atoms in total. The van der Waals surface area contributed by atoms with Gasteiger partial charge in [0.15, 0.2) is 5.96 Å². The molecular formula is C30H41N9O3. The van der Waals surface area contributed by atoms with E-state index in [9.17, 15) is 14.4 Å². The molecule has 1 spiro atoms. The van der Waals surface area contributed by atoms with Gasteiger partial charge in [0, 0.05) is 48.8 Å². The number of piperidine rings is 1. The van der Waals surface area contributed by atoms with E-state index in [0.717, 1.165) is 10.9 Å². The Bertz CT molecular complexity index is 1480. The number of rotatable bonds is 8. The maximum atomic E-state index is 13.6. The molecule has 2 aliphatic rings. The largest absolute Gasteiger partial charge is 0.384 e. The number of allylic oxidation sites excluding steroid dienone is 1. The standard InChI is InChI=1S/C30H41N9O3/c1-6-37(7-2)24(40)17-39-14-11-21-22(9-8-10-23(21)39)28(42)38-15-12-30(13-16-38)18-33-29(36-30)35-27(41)25(19(3)4)34-20(5)26(31)32/h8-11,14H,3,6-7,12-13,15-18,31-32H2,1-2,4-5H3,(H2,33,35,36,41). The lowest BCUT2D eigenvalue weighted by atomic mass is 9.88. The summed E-state index contributed by atoms with van der Waals surface area (Å²) in [5.74, 6) is -0.0648. The lowest BCUT2D eigenvalue weighted by Crippen LogP contribution is -2.57. The smallest absolute Gasteiger partial charge is 0.276 e. The molecule has 12 heteroatoms. The Hall–Kier alpha value is -4.61. The molecule has 1 aromatic carbocycles. The normalized spacial score (nSPS) is 16.1. The number of nitrogens with two attached hydrogens (primary N) is 2. The van der Waals surface area contributed by atoms with E-state index < -0.39 is 5.91 Å². The molecule has 2 aromatic rings. The number of nitrogens with one attached hydrogen (secondary N) is 2. The molecule has 6 N–H and O–H groups in total. The number of nitrogens with zero attached hydrogens (tertiary/aromatic N) is 5. The van der Waals surface area contributed by atoms with Crippen molar-refractivity contribution in [3.05, 3.63) is 59.7 Å². The lowest BCUT2D eigenvalue weighted by molar-refractivity contribution is -0.131. The summed E-state index contributed by atoms with van der Waals surface area (Å²) in [6.45, 7) is 14.2. The van der Waals surface area contributed by atoms with E-state index in [1.165, 1.54) is 0 Å².